The van der Waals surface area contributed by atoms with Gasteiger partial charge in [-0.2, -0.15) is 9.78 Å². The van der Waals surface area contributed by atoms with Crippen molar-refractivity contribution in [2.24, 2.45) is 5.10 Å². The second-order valence-electron chi connectivity index (χ2n) is 10.3. The van der Waals surface area contributed by atoms with Crippen LogP contribution in [0, 0.1) is 6.92 Å². The Morgan fingerprint density at radius 2 is 1.61 bits per heavy atom. The van der Waals surface area contributed by atoms with Gasteiger partial charge in [0.15, 0.2) is 12.4 Å². The lowest BCUT2D eigenvalue weighted by Crippen LogP contribution is -2.21. The van der Waals surface area contributed by atoms with Gasteiger partial charge in [-0.25, -0.2) is 4.98 Å². The van der Waals surface area contributed by atoms with Crippen molar-refractivity contribution < 1.29 is 13.9 Å². The highest BCUT2D eigenvalue weighted by Gasteiger charge is 2.17. The maximum Gasteiger partial charge on any atom is 0.282 e. The van der Waals surface area contributed by atoms with Crippen LogP contribution < -0.4 is 15.6 Å². The molecule has 0 spiro atoms. The Hall–Kier alpha value is -6.02. The molecule has 0 atom stereocenters. The average Bonchev–Trinajstić information content (AvgIpc) is 3.49. The number of carbonyl (C=O) groups excluding carboxylic acids is 1. The summed E-state index contributed by atoms with van der Waals surface area (Å²) in [6.45, 7) is 1.72. The van der Waals surface area contributed by atoms with E-state index < -0.39 is 0 Å². The number of fused-ring (bicyclic) bond motifs is 3. The maximum absolute atomic E-state index is 13.8. The topological polar surface area (TPSA) is 98.7 Å². The third-order valence-electron chi connectivity index (χ3n) is 7.41. The lowest BCUT2D eigenvalue weighted by atomic mass is 10.0. The van der Waals surface area contributed by atoms with Gasteiger partial charge >= 0.3 is 0 Å². The Morgan fingerprint density at radius 1 is 0.886 bits per heavy atom. The molecule has 214 valence electrons. The minimum absolute atomic E-state index is 0.213. The number of benzene rings is 5. The third-order valence-corrected chi connectivity index (χ3v) is 7.41. The van der Waals surface area contributed by atoms with Gasteiger partial charge in [-0.15, -0.1) is 0 Å². The van der Waals surface area contributed by atoms with Crippen LogP contribution in [-0.4, -0.2) is 28.4 Å². The summed E-state index contributed by atoms with van der Waals surface area (Å²) in [5, 5.41) is 10.7. The normalized spacial score (nSPS) is 11.5. The van der Waals surface area contributed by atoms with Crippen molar-refractivity contribution in [3.8, 4) is 17.3 Å². The molecule has 1 amide bonds. The molecule has 0 fully saturated rings. The molecular formula is C36H26N4O4. The van der Waals surface area contributed by atoms with Gasteiger partial charge in [0.2, 0.25) is 5.82 Å². The molecule has 5 aromatic carbocycles. The van der Waals surface area contributed by atoms with Crippen molar-refractivity contribution >= 4 is 50.5 Å². The minimum atomic E-state index is -0.345. The molecule has 44 heavy (non-hydrogen) atoms. The van der Waals surface area contributed by atoms with Gasteiger partial charge in [0, 0.05) is 16.6 Å². The lowest BCUT2D eigenvalue weighted by Gasteiger charge is -2.13. The van der Waals surface area contributed by atoms with Crippen LogP contribution in [0.1, 0.15) is 11.1 Å². The second-order valence-corrected chi connectivity index (χ2v) is 10.3. The number of para-hydroxylation sites is 3. The summed E-state index contributed by atoms with van der Waals surface area (Å²) in [6.07, 6.45) is 1.57. The molecule has 7 aromatic rings. The molecule has 8 nitrogen and oxygen atoms in total. The van der Waals surface area contributed by atoms with Gasteiger partial charge in [0.1, 0.15) is 11.3 Å². The first-order chi connectivity index (χ1) is 21.5. The molecule has 2 aromatic heterocycles. The van der Waals surface area contributed by atoms with Gasteiger partial charge < -0.3 is 14.5 Å². The van der Waals surface area contributed by atoms with Gasteiger partial charge in [-0.3, -0.25) is 9.59 Å². The van der Waals surface area contributed by atoms with Crippen molar-refractivity contribution in [3.05, 3.63) is 137 Å². The number of furan rings is 1. The fraction of sp³-hybridized carbons (Fsp3) is 0.0556. The Balaban J connectivity index is 1.31. The third kappa shape index (κ3) is 5.09. The van der Waals surface area contributed by atoms with Crippen LogP contribution in [0.2, 0.25) is 0 Å². The smallest absolute Gasteiger partial charge is 0.282 e. The van der Waals surface area contributed by atoms with E-state index in [1.165, 1.54) is 4.68 Å². The van der Waals surface area contributed by atoms with Crippen LogP contribution in [0.5, 0.6) is 5.75 Å². The predicted molar refractivity (Wildman–Crippen MR) is 173 cm³/mol. The van der Waals surface area contributed by atoms with Crippen molar-refractivity contribution in [2.45, 2.75) is 6.92 Å². The summed E-state index contributed by atoms with van der Waals surface area (Å²) >= 11 is 0. The van der Waals surface area contributed by atoms with Crippen LogP contribution in [0.25, 0.3) is 44.2 Å². The van der Waals surface area contributed by atoms with Crippen LogP contribution in [-0.2, 0) is 4.79 Å². The number of carbonyl (C=O) groups is 1. The molecule has 0 unspecified atom stereocenters. The number of nitrogens with zero attached hydrogens (tertiary/aromatic N) is 3. The largest absolute Gasteiger partial charge is 0.483 e. The van der Waals surface area contributed by atoms with E-state index in [0.717, 1.165) is 27.4 Å². The Kier molecular flexibility index (Phi) is 6.92. The standard InChI is InChI=1S/C36H26N4O4/c1-23-10-2-7-15-29(23)38-34(41)22-43-32-19-18-24-11-3-5-13-26(24)28(32)21-37-40-35(33-20-25-12-4-9-17-31(25)44-33)39-30-16-8-6-14-27(30)36(40)42/h2-21H,22H2,1H3,(H,38,41). The van der Waals surface area contributed by atoms with Gasteiger partial charge in [0.25, 0.3) is 11.5 Å². The number of aromatic nitrogens is 2. The zero-order valence-electron chi connectivity index (χ0n) is 23.7. The molecule has 8 heteroatoms. The first-order valence-electron chi connectivity index (χ1n) is 14.1. The Morgan fingerprint density at radius 3 is 2.45 bits per heavy atom. The second kappa shape index (κ2) is 11.3. The first-order valence-corrected chi connectivity index (χ1v) is 14.1. The van der Waals surface area contributed by atoms with Crippen LogP contribution >= 0.6 is 0 Å². The summed E-state index contributed by atoms with van der Waals surface area (Å²) in [5.41, 5.74) is 3.16. The van der Waals surface area contributed by atoms with Crippen molar-refractivity contribution in [2.75, 3.05) is 11.9 Å². The monoisotopic (exact) mass is 578 g/mol. The van der Waals surface area contributed by atoms with Crippen molar-refractivity contribution in [3.63, 3.8) is 0 Å². The summed E-state index contributed by atoms with van der Waals surface area (Å²) < 4.78 is 13.4. The molecule has 2 heterocycles. The van der Waals surface area contributed by atoms with Crippen LogP contribution in [0.4, 0.5) is 5.69 Å². The molecule has 0 aliphatic carbocycles. The fourth-order valence-corrected chi connectivity index (χ4v) is 5.18. The highest BCUT2D eigenvalue weighted by atomic mass is 16.5. The molecule has 0 bridgehead atoms. The number of nitrogens with one attached hydrogen (secondary N) is 1. The van der Waals surface area contributed by atoms with Gasteiger partial charge in [-0.1, -0.05) is 78.9 Å². The summed E-state index contributed by atoms with van der Waals surface area (Å²) in [6, 6.07) is 35.6. The first kappa shape index (κ1) is 26.9. The van der Waals surface area contributed by atoms with E-state index in [2.05, 4.69) is 10.4 Å². The zero-order chi connectivity index (χ0) is 30.0. The number of aryl methyl sites for hydroxylation is 1. The predicted octanol–water partition coefficient (Wildman–Crippen LogP) is 7.17. The molecule has 7 rings (SSSR count). The molecule has 0 saturated carbocycles. The van der Waals surface area contributed by atoms with E-state index in [1.54, 1.807) is 30.5 Å². The molecule has 0 aliphatic rings. The zero-order valence-corrected chi connectivity index (χ0v) is 23.7. The highest BCUT2D eigenvalue weighted by Crippen LogP contribution is 2.29. The van der Waals surface area contributed by atoms with Gasteiger partial charge in [-0.05, 0) is 59.7 Å². The van der Waals surface area contributed by atoms with Crippen molar-refractivity contribution in [1.29, 1.82) is 0 Å². The Labute approximate surface area is 251 Å². The molecule has 0 aliphatic heterocycles. The number of rotatable bonds is 7. The molecule has 0 saturated heterocycles. The van der Waals surface area contributed by atoms with E-state index >= 15 is 0 Å². The minimum Gasteiger partial charge on any atom is -0.483 e. The number of amides is 1. The highest BCUT2D eigenvalue weighted by molar-refractivity contribution is 6.03. The SMILES string of the molecule is Cc1ccccc1NC(=O)COc1ccc2ccccc2c1C=Nn1c(-c2cc3ccccc3o2)nc2ccccc2c1=O. The molecular weight excluding hydrogens is 552 g/mol. The fourth-order valence-electron chi connectivity index (χ4n) is 5.18. The van der Waals surface area contributed by atoms with Gasteiger partial charge in [0.05, 0.1) is 17.1 Å². The van der Waals surface area contributed by atoms with E-state index in [0.29, 0.717) is 33.6 Å². The van der Waals surface area contributed by atoms with E-state index in [4.69, 9.17) is 14.1 Å². The van der Waals surface area contributed by atoms with E-state index in [-0.39, 0.29) is 23.9 Å². The quantitative estimate of drug-likeness (QED) is 0.202. The van der Waals surface area contributed by atoms with Crippen molar-refractivity contribution in [1.82, 2.24) is 9.66 Å². The van der Waals surface area contributed by atoms with E-state index in [1.807, 2.05) is 97.9 Å². The molecule has 1 N–H and O–H groups in total. The number of hydrogen-bond acceptors (Lipinski definition) is 6. The number of hydrogen-bond donors (Lipinski definition) is 1. The lowest BCUT2D eigenvalue weighted by molar-refractivity contribution is -0.118. The summed E-state index contributed by atoms with van der Waals surface area (Å²) in [4.78, 5) is 31.4. The van der Waals surface area contributed by atoms with E-state index in [9.17, 15) is 9.59 Å². The summed E-state index contributed by atoms with van der Waals surface area (Å²) in [5.74, 6) is 0.826. The Bertz CT molecular complexity index is 2250. The summed E-state index contributed by atoms with van der Waals surface area (Å²) in [7, 11) is 0. The number of ether oxygens (including phenoxy) is 1. The average molecular weight is 579 g/mol. The van der Waals surface area contributed by atoms with Crippen LogP contribution in [0.3, 0.4) is 0 Å². The maximum atomic E-state index is 13.8. The number of anilines is 1. The molecule has 0 radical (unpaired) electrons. The van der Waals surface area contributed by atoms with Crippen LogP contribution in [0.15, 0.2) is 130 Å².